The monoisotopic (exact) mass is 483 g/mol. The number of pyridine rings is 1. The fraction of sp³-hybridized carbons (Fsp3) is 0.500. The van der Waals surface area contributed by atoms with E-state index in [4.69, 9.17) is 4.42 Å². The van der Waals surface area contributed by atoms with Gasteiger partial charge < -0.3 is 15.1 Å². The van der Waals surface area contributed by atoms with Gasteiger partial charge in [0.05, 0.1) is 12.3 Å². The number of hydrogen-bond acceptors (Lipinski definition) is 4. The van der Waals surface area contributed by atoms with Crippen molar-refractivity contribution in [3.63, 3.8) is 0 Å². The lowest BCUT2D eigenvalue weighted by atomic mass is 10.1. The highest BCUT2D eigenvalue weighted by Gasteiger charge is 2.24. The van der Waals surface area contributed by atoms with Crippen LogP contribution in [0.4, 0.5) is 0 Å². The van der Waals surface area contributed by atoms with Gasteiger partial charge in [0.1, 0.15) is 5.76 Å². The highest BCUT2D eigenvalue weighted by Crippen LogP contribution is 2.24. The van der Waals surface area contributed by atoms with Crippen molar-refractivity contribution in [1.82, 2.24) is 20.5 Å². The quantitative estimate of drug-likeness (QED) is 0.360. The van der Waals surface area contributed by atoms with E-state index in [0.717, 1.165) is 44.3 Å². The lowest BCUT2D eigenvalue weighted by Gasteiger charge is -2.33. The van der Waals surface area contributed by atoms with Crippen molar-refractivity contribution in [2.45, 2.75) is 31.7 Å². The van der Waals surface area contributed by atoms with Crippen LogP contribution in [-0.4, -0.2) is 49.1 Å². The number of aliphatic imine (C=N–C) groups is 1. The van der Waals surface area contributed by atoms with Crippen LogP contribution in [0.2, 0.25) is 0 Å². The number of nitrogens with one attached hydrogen (secondary N) is 2. The Morgan fingerprint density at radius 3 is 2.74 bits per heavy atom. The Labute approximate surface area is 178 Å². The van der Waals surface area contributed by atoms with E-state index in [1.165, 1.54) is 24.8 Å². The molecule has 27 heavy (non-hydrogen) atoms. The maximum Gasteiger partial charge on any atom is 0.191 e. The molecule has 0 bridgehead atoms. The highest BCUT2D eigenvalue weighted by atomic mass is 127. The fourth-order valence-electron chi connectivity index (χ4n) is 3.41. The Morgan fingerprint density at radius 1 is 1.22 bits per heavy atom. The summed E-state index contributed by atoms with van der Waals surface area (Å²) < 4.78 is 5.70. The van der Waals surface area contributed by atoms with Crippen LogP contribution in [0.5, 0.6) is 0 Å². The summed E-state index contributed by atoms with van der Waals surface area (Å²) in [6.45, 7) is 3.85. The molecule has 0 radical (unpaired) electrons. The smallest absolute Gasteiger partial charge is 0.191 e. The second-order valence-electron chi connectivity index (χ2n) is 6.62. The lowest BCUT2D eigenvalue weighted by molar-refractivity contribution is 0.146. The molecule has 1 atom stereocenters. The molecule has 2 N–H and O–H groups in total. The maximum absolute atomic E-state index is 5.70. The van der Waals surface area contributed by atoms with E-state index in [1.807, 2.05) is 25.4 Å². The molecule has 0 aromatic carbocycles. The van der Waals surface area contributed by atoms with Crippen LogP contribution < -0.4 is 10.6 Å². The molecule has 3 rings (SSSR count). The van der Waals surface area contributed by atoms with E-state index in [-0.39, 0.29) is 30.0 Å². The van der Waals surface area contributed by atoms with E-state index < -0.39 is 0 Å². The first-order valence-corrected chi connectivity index (χ1v) is 9.47. The Hall–Kier alpha value is -1.61. The lowest BCUT2D eigenvalue weighted by Crippen LogP contribution is -2.44. The van der Waals surface area contributed by atoms with E-state index in [0.29, 0.717) is 0 Å². The van der Waals surface area contributed by atoms with Crippen LogP contribution in [0.3, 0.4) is 0 Å². The molecule has 1 unspecified atom stereocenters. The largest absolute Gasteiger partial charge is 0.468 e. The molecular formula is C20H30IN5O. The van der Waals surface area contributed by atoms with Crippen molar-refractivity contribution in [3.05, 3.63) is 54.2 Å². The van der Waals surface area contributed by atoms with Gasteiger partial charge in [-0.05, 0) is 56.1 Å². The zero-order valence-electron chi connectivity index (χ0n) is 15.9. The van der Waals surface area contributed by atoms with Gasteiger partial charge >= 0.3 is 0 Å². The maximum atomic E-state index is 5.70. The predicted octanol–water partition coefficient (Wildman–Crippen LogP) is 3.23. The van der Waals surface area contributed by atoms with Crippen molar-refractivity contribution in [3.8, 4) is 0 Å². The van der Waals surface area contributed by atoms with Crippen LogP contribution in [0.1, 0.15) is 36.6 Å². The van der Waals surface area contributed by atoms with Gasteiger partial charge in [-0.3, -0.25) is 14.9 Å². The van der Waals surface area contributed by atoms with Gasteiger partial charge in [-0.1, -0.05) is 12.5 Å². The number of halogens is 1. The van der Waals surface area contributed by atoms with Crippen LogP contribution >= 0.6 is 24.0 Å². The van der Waals surface area contributed by atoms with Crippen LogP contribution in [0.15, 0.2) is 52.3 Å². The molecule has 1 fully saturated rings. The molecule has 0 amide bonds. The molecule has 3 heterocycles. The number of hydrogen-bond donors (Lipinski definition) is 2. The van der Waals surface area contributed by atoms with Crippen LogP contribution in [-0.2, 0) is 6.42 Å². The van der Waals surface area contributed by atoms with Gasteiger partial charge in [0.2, 0.25) is 0 Å². The summed E-state index contributed by atoms with van der Waals surface area (Å²) in [4.78, 5) is 11.0. The van der Waals surface area contributed by atoms with Crippen molar-refractivity contribution >= 4 is 29.9 Å². The third-order valence-electron chi connectivity index (χ3n) is 4.82. The van der Waals surface area contributed by atoms with Crippen molar-refractivity contribution in [2.75, 3.05) is 33.2 Å². The molecule has 1 aliphatic rings. The number of aromatic nitrogens is 1. The molecule has 1 saturated heterocycles. The van der Waals surface area contributed by atoms with Crippen LogP contribution in [0.25, 0.3) is 0 Å². The van der Waals surface area contributed by atoms with E-state index in [2.05, 4.69) is 37.6 Å². The summed E-state index contributed by atoms with van der Waals surface area (Å²) in [5.74, 6) is 1.84. The van der Waals surface area contributed by atoms with Gasteiger partial charge in [0, 0.05) is 32.5 Å². The minimum atomic E-state index is 0. The Balaban J connectivity index is 0.00000261. The second kappa shape index (κ2) is 12.0. The average Bonchev–Trinajstić information content (AvgIpc) is 3.23. The topological polar surface area (TPSA) is 65.7 Å². The van der Waals surface area contributed by atoms with Gasteiger partial charge in [-0.15, -0.1) is 24.0 Å². The summed E-state index contributed by atoms with van der Waals surface area (Å²) in [5, 5.41) is 6.85. The number of nitrogens with zero attached hydrogens (tertiary/aromatic N) is 3. The molecular weight excluding hydrogens is 453 g/mol. The summed E-state index contributed by atoms with van der Waals surface area (Å²) in [6, 6.07) is 8.33. The predicted molar refractivity (Wildman–Crippen MR) is 120 cm³/mol. The zero-order chi connectivity index (χ0) is 18.0. The molecule has 2 aromatic heterocycles. The summed E-state index contributed by atoms with van der Waals surface area (Å²) in [7, 11) is 1.81. The molecule has 2 aromatic rings. The standard InChI is InChI=1S/C20H29N5O.HI/c1-21-20(23-11-9-17-7-5-10-22-15-17)24-16-18(19-8-6-14-26-19)25-12-3-2-4-13-25;/h5-8,10,14-15,18H,2-4,9,11-13,16H2,1H3,(H2,21,23,24);1H. The molecule has 0 spiro atoms. The summed E-state index contributed by atoms with van der Waals surface area (Å²) >= 11 is 0. The number of furan rings is 1. The Bertz CT molecular complexity index is 656. The SMILES string of the molecule is CN=C(NCCc1cccnc1)NCC(c1ccco1)N1CCCCC1.I. The molecule has 7 heteroatoms. The third kappa shape index (κ3) is 6.80. The first-order chi connectivity index (χ1) is 12.9. The zero-order valence-corrected chi connectivity index (χ0v) is 18.3. The highest BCUT2D eigenvalue weighted by molar-refractivity contribution is 14.0. The number of piperidine rings is 1. The molecule has 1 aliphatic heterocycles. The van der Waals surface area contributed by atoms with Crippen molar-refractivity contribution in [2.24, 2.45) is 4.99 Å². The van der Waals surface area contributed by atoms with Crippen LogP contribution in [0, 0.1) is 0 Å². The molecule has 148 valence electrons. The van der Waals surface area contributed by atoms with Gasteiger partial charge in [-0.2, -0.15) is 0 Å². The van der Waals surface area contributed by atoms with E-state index in [1.54, 1.807) is 12.5 Å². The molecule has 0 aliphatic carbocycles. The average molecular weight is 483 g/mol. The summed E-state index contributed by atoms with van der Waals surface area (Å²) in [6.07, 6.45) is 10.2. The van der Waals surface area contributed by atoms with E-state index >= 15 is 0 Å². The van der Waals surface area contributed by atoms with Crippen molar-refractivity contribution < 1.29 is 4.42 Å². The number of guanidine groups is 1. The van der Waals surface area contributed by atoms with Gasteiger partial charge in [-0.25, -0.2) is 0 Å². The number of rotatable bonds is 7. The molecule has 0 saturated carbocycles. The normalized spacial score (nSPS) is 16.4. The fourth-order valence-corrected chi connectivity index (χ4v) is 3.41. The Morgan fingerprint density at radius 2 is 2.07 bits per heavy atom. The van der Waals surface area contributed by atoms with Crippen molar-refractivity contribution in [1.29, 1.82) is 0 Å². The third-order valence-corrected chi connectivity index (χ3v) is 4.82. The first kappa shape index (κ1) is 21.7. The Kier molecular flexibility index (Phi) is 9.61. The minimum Gasteiger partial charge on any atom is -0.468 e. The van der Waals surface area contributed by atoms with Gasteiger partial charge in [0.25, 0.3) is 0 Å². The number of likely N-dealkylation sites (tertiary alicyclic amines) is 1. The van der Waals surface area contributed by atoms with E-state index in [9.17, 15) is 0 Å². The second-order valence-corrected chi connectivity index (χ2v) is 6.62. The minimum absolute atomic E-state index is 0. The van der Waals surface area contributed by atoms with Gasteiger partial charge in [0.15, 0.2) is 5.96 Å². The first-order valence-electron chi connectivity index (χ1n) is 9.47. The summed E-state index contributed by atoms with van der Waals surface area (Å²) in [5.41, 5.74) is 1.22. The molecule has 6 nitrogen and oxygen atoms in total.